The summed E-state index contributed by atoms with van der Waals surface area (Å²) >= 11 is 1.30. The standard InChI is InChI=1S/C20H20N2O3S/c1-12-7-8-15-14(10-25-20(15)13(12)2)9-19(24)22-16-5-3-4-6-17(16)26-11-18(21)23/h3-8,10H,9,11H2,1-2H3,(H2,21,23)(H,22,24). The van der Waals surface area contributed by atoms with Crippen LogP contribution in [0.2, 0.25) is 0 Å². The second kappa shape index (κ2) is 7.66. The van der Waals surface area contributed by atoms with E-state index in [2.05, 4.69) is 5.32 Å². The molecular weight excluding hydrogens is 348 g/mol. The Bertz CT molecular complexity index is 978. The van der Waals surface area contributed by atoms with Gasteiger partial charge in [-0.2, -0.15) is 0 Å². The molecule has 0 aliphatic rings. The number of fused-ring (bicyclic) bond motifs is 1. The molecule has 0 saturated heterocycles. The zero-order valence-electron chi connectivity index (χ0n) is 14.7. The molecule has 0 radical (unpaired) electrons. The summed E-state index contributed by atoms with van der Waals surface area (Å²) in [7, 11) is 0. The molecule has 1 aromatic heterocycles. The molecule has 3 aromatic rings. The number of para-hydroxylation sites is 1. The fourth-order valence-electron chi connectivity index (χ4n) is 2.74. The molecule has 0 atom stereocenters. The van der Waals surface area contributed by atoms with E-state index in [9.17, 15) is 9.59 Å². The van der Waals surface area contributed by atoms with Crippen LogP contribution in [0.3, 0.4) is 0 Å². The smallest absolute Gasteiger partial charge is 0.228 e. The fraction of sp³-hybridized carbons (Fsp3) is 0.200. The minimum absolute atomic E-state index is 0.141. The Morgan fingerprint density at radius 3 is 2.69 bits per heavy atom. The van der Waals surface area contributed by atoms with Gasteiger partial charge in [-0.1, -0.05) is 24.3 Å². The lowest BCUT2D eigenvalue weighted by atomic mass is 10.0. The molecule has 0 aliphatic carbocycles. The van der Waals surface area contributed by atoms with E-state index in [4.69, 9.17) is 10.2 Å². The average molecular weight is 368 g/mol. The van der Waals surface area contributed by atoms with Gasteiger partial charge in [-0.05, 0) is 37.1 Å². The van der Waals surface area contributed by atoms with Crippen molar-refractivity contribution < 1.29 is 14.0 Å². The van der Waals surface area contributed by atoms with Gasteiger partial charge in [-0.25, -0.2) is 0 Å². The summed E-state index contributed by atoms with van der Waals surface area (Å²) in [5.41, 5.74) is 9.79. The van der Waals surface area contributed by atoms with Gasteiger partial charge in [0, 0.05) is 15.8 Å². The predicted molar refractivity (Wildman–Crippen MR) is 104 cm³/mol. The number of carbonyl (C=O) groups is 2. The van der Waals surface area contributed by atoms with Gasteiger partial charge < -0.3 is 15.5 Å². The van der Waals surface area contributed by atoms with Crippen LogP contribution in [0.25, 0.3) is 11.0 Å². The van der Waals surface area contributed by atoms with Gasteiger partial charge in [-0.3, -0.25) is 9.59 Å². The number of amides is 2. The van der Waals surface area contributed by atoms with Gasteiger partial charge in [0.1, 0.15) is 5.58 Å². The molecule has 1 heterocycles. The topological polar surface area (TPSA) is 85.3 Å². The average Bonchev–Trinajstić information content (AvgIpc) is 3.00. The van der Waals surface area contributed by atoms with E-state index in [0.717, 1.165) is 32.6 Å². The number of anilines is 1. The zero-order valence-corrected chi connectivity index (χ0v) is 15.5. The minimum Gasteiger partial charge on any atom is -0.464 e. The molecule has 2 aromatic carbocycles. The summed E-state index contributed by atoms with van der Waals surface area (Å²) in [5, 5.41) is 3.87. The van der Waals surface area contributed by atoms with Crippen molar-refractivity contribution in [2.75, 3.05) is 11.1 Å². The van der Waals surface area contributed by atoms with Crippen molar-refractivity contribution in [1.29, 1.82) is 0 Å². The van der Waals surface area contributed by atoms with E-state index in [1.54, 1.807) is 6.26 Å². The highest BCUT2D eigenvalue weighted by Gasteiger charge is 2.14. The molecule has 0 unspecified atom stereocenters. The molecule has 6 heteroatoms. The molecule has 0 spiro atoms. The van der Waals surface area contributed by atoms with Crippen molar-refractivity contribution in [1.82, 2.24) is 0 Å². The monoisotopic (exact) mass is 368 g/mol. The molecule has 134 valence electrons. The zero-order chi connectivity index (χ0) is 18.7. The molecule has 2 amide bonds. The van der Waals surface area contributed by atoms with Gasteiger partial charge in [0.15, 0.2) is 0 Å². The van der Waals surface area contributed by atoms with Gasteiger partial charge in [0.25, 0.3) is 0 Å². The van der Waals surface area contributed by atoms with Crippen LogP contribution in [0, 0.1) is 13.8 Å². The number of nitrogens with two attached hydrogens (primary N) is 1. The van der Waals surface area contributed by atoms with Crippen molar-refractivity contribution in [2.24, 2.45) is 5.73 Å². The first-order valence-corrected chi connectivity index (χ1v) is 9.20. The summed E-state index contributed by atoms with van der Waals surface area (Å²) < 4.78 is 5.66. The van der Waals surface area contributed by atoms with Gasteiger partial charge in [-0.15, -0.1) is 11.8 Å². The fourth-order valence-corrected chi connectivity index (χ4v) is 3.48. The maximum Gasteiger partial charge on any atom is 0.228 e. The highest BCUT2D eigenvalue weighted by atomic mass is 32.2. The van der Waals surface area contributed by atoms with Crippen molar-refractivity contribution in [2.45, 2.75) is 25.2 Å². The van der Waals surface area contributed by atoms with E-state index >= 15 is 0 Å². The van der Waals surface area contributed by atoms with Crippen LogP contribution < -0.4 is 11.1 Å². The van der Waals surface area contributed by atoms with Gasteiger partial charge >= 0.3 is 0 Å². The number of carbonyl (C=O) groups excluding carboxylic acids is 2. The Morgan fingerprint density at radius 1 is 1.15 bits per heavy atom. The van der Waals surface area contributed by atoms with Crippen LogP contribution in [0.1, 0.15) is 16.7 Å². The lowest BCUT2D eigenvalue weighted by molar-refractivity contribution is -0.116. The van der Waals surface area contributed by atoms with Crippen molar-refractivity contribution in [3.63, 3.8) is 0 Å². The molecule has 0 fully saturated rings. The molecule has 3 N–H and O–H groups in total. The van der Waals surface area contributed by atoms with Crippen LogP contribution in [-0.4, -0.2) is 17.6 Å². The maximum absolute atomic E-state index is 12.5. The Morgan fingerprint density at radius 2 is 1.92 bits per heavy atom. The number of benzene rings is 2. The van der Waals surface area contributed by atoms with Crippen LogP contribution in [0.4, 0.5) is 5.69 Å². The van der Waals surface area contributed by atoms with Crippen molar-refractivity contribution >= 4 is 40.2 Å². The third-order valence-electron chi connectivity index (χ3n) is 4.22. The second-order valence-electron chi connectivity index (χ2n) is 6.12. The number of hydrogen-bond acceptors (Lipinski definition) is 4. The van der Waals surface area contributed by atoms with E-state index in [1.807, 2.05) is 50.2 Å². The van der Waals surface area contributed by atoms with Crippen molar-refractivity contribution in [3.8, 4) is 0 Å². The van der Waals surface area contributed by atoms with Crippen molar-refractivity contribution in [3.05, 3.63) is 59.4 Å². The molecule has 0 bridgehead atoms. The summed E-state index contributed by atoms with van der Waals surface area (Å²) in [6.45, 7) is 4.04. The normalized spacial score (nSPS) is 10.8. The highest BCUT2D eigenvalue weighted by Crippen LogP contribution is 2.29. The molecule has 26 heavy (non-hydrogen) atoms. The highest BCUT2D eigenvalue weighted by molar-refractivity contribution is 8.00. The number of furan rings is 1. The second-order valence-corrected chi connectivity index (χ2v) is 7.14. The predicted octanol–water partition coefficient (Wildman–Crippen LogP) is 3.81. The first-order chi connectivity index (χ1) is 12.5. The largest absolute Gasteiger partial charge is 0.464 e. The van der Waals surface area contributed by atoms with E-state index in [-0.39, 0.29) is 18.1 Å². The number of primary amides is 1. The summed E-state index contributed by atoms with van der Waals surface area (Å²) in [6, 6.07) is 11.4. The first-order valence-electron chi connectivity index (χ1n) is 8.22. The summed E-state index contributed by atoms with van der Waals surface area (Å²) in [4.78, 5) is 24.3. The van der Waals surface area contributed by atoms with Crippen LogP contribution in [-0.2, 0) is 16.0 Å². The van der Waals surface area contributed by atoms with E-state index in [1.165, 1.54) is 11.8 Å². The quantitative estimate of drug-likeness (QED) is 0.648. The molecule has 3 rings (SSSR count). The number of thioether (sulfide) groups is 1. The molecule has 5 nitrogen and oxygen atoms in total. The number of nitrogens with one attached hydrogen (secondary N) is 1. The van der Waals surface area contributed by atoms with Crippen LogP contribution in [0.15, 0.2) is 52.0 Å². The van der Waals surface area contributed by atoms with Gasteiger partial charge in [0.2, 0.25) is 11.8 Å². The number of aryl methyl sites for hydroxylation is 2. The van der Waals surface area contributed by atoms with Crippen LogP contribution >= 0.6 is 11.8 Å². The Kier molecular flexibility index (Phi) is 5.32. The van der Waals surface area contributed by atoms with Gasteiger partial charge in [0.05, 0.1) is 24.1 Å². The van der Waals surface area contributed by atoms with E-state index in [0.29, 0.717) is 5.69 Å². The first kappa shape index (κ1) is 18.1. The molecule has 0 saturated carbocycles. The Labute approximate surface area is 155 Å². The Hall–Kier alpha value is -2.73. The summed E-state index contributed by atoms with van der Waals surface area (Å²) in [5.74, 6) is -0.373. The SMILES string of the molecule is Cc1ccc2c(CC(=O)Nc3ccccc3SCC(N)=O)coc2c1C. The lowest BCUT2D eigenvalue weighted by Crippen LogP contribution is -2.16. The molecule has 0 aliphatic heterocycles. The Balaban J connectivity index is 1.76. The number of rotatable bonds is 6. The third kappa shape index (κ3) is 3.91. The molecular formula is C20H20N2O3S. The third-order valence-corrected chi connectivity index (χ3v) is 5.32. The summed E-state index contributed by atoms with van der Waals surface area (Å²) in [6.07, 6.45) is 1.86. The maximum atomic E-state index is 12.5. The number of hydrogen-bond donors (Lipinski definition) is 2. The minimum atomic E-state index is -0.397. The van der Waals surface area contributed by atoms with E-state index < -0.39 is 5.91 Å². The lowest BCUT2D eigenvalue weighted by Gasteiger charge is -2.10. The van der Waals surface area contributed by atoms with Crippen LogP contribution in [0.5, 0.6) is 0 Å².